The maximum atomic E-state index is 14.1. The van der Waals surface area contributed by atoms with Gasteiger partial charge in [0.25, 0.3) is 0 Å². The molecule has 0 aliphatic carbocycles. The fourth-order valence-electron chi connectivity index (χ4n) is 2.19. The minimum absolute atomic E-state index is 0.406. The first-order valence-electron chi connectivity index (χ1n) is 5.93. The van der Waals surface area contributed by atoms with Gasteiger partial charge in [-0.1, -0.05) is 20.8 Å². The van der Waals surface area contributed by atoms with Gasteiger partial charge in [-0.2, -0.15) is 0 Å². The number of phenols is 1. The Morgan fingerprint density at radius 3 is 2.00 bits per heavy atom. The van der Waals surface area contributed by atoms with E-state index in [-0.39, 0.29) is 0 Å². The molecule has 0 unspecified atom stereocenters. The molecule has 0 spiro atoms. The van der Waals surface area contributed by atoms with Crippen LogP contribution in [0.3, 0.4) is 0 Å². The molecule has 100 valence electrons. The van der Waals surface area contributed by atoms with Gasteiger partial charge >= 0.3 is 6.16 Å². The summed E-state index contributed by atoms with van der Waals surface area (Å²) in [6.07, 6.45) is -0.168. The highest BCUT2D eigenvalue weighted by Gasteiger charge is 2.24. The molecule has 0 aliphatic heterocycles. The lowest BCUT2D eigenvalue weighted by Gasteiger charge is -2.17. The molecule has 0 aromatic heterocycles. The van der Waals surface area contributed by atoms with E-state index in [9.17, 15) is 14.3 Å². The number of ether oxygens (including phenoxy) is 1. The average molecular weight is 256 g/mol. The van der Waals surface area contributed by atoms with E-state index >= 15 is 0 Å². The van der Waals surface area contributed by atoms with Gasteiger partial charge in [-0.25, -0.2) is 9.18 Å². The number of hydrogen-bond donors (Lipinski definition) is 2. The number of halogens is 1. The summed E-state index contributed by atoms with van der Waals surface area (Å²) in [7, 11) is 0. The van der Waals surface area contributed by atoms with E-state index in [1.165, 1.54) is 0 Å². The van der Waals surface area contributed by atoms with Crippen LogP contribution in [0.4, 0.5) is 9.18 Å². The smallest absolute Gasteiger partial charge is 0.504 e. The highest BCUT2D eigenvalue weighted by molar-refractivity contribution is 5.65. The average Bonchev–Trinajstić information content (AvgIpc) is 2.33. The summed E-state index contributed by atoms with van der Waals surface area (Å²) in [5.74, 6) is -1.79. The zero-order chi connectivity index (χ0) is 13.9. The van der Waals surface area contributed by atoms with Crippen molar-refractivity contribution in [3.63, 3.8) is 0 Å². The van der Waals surface area contributed by atoms with E-state index in [4.69, 9.17) is 5.11 Å². The molecule has 0 atom stereocenters. The van der Waals surface area contributed by atoms with E-state index < -0.39 is 23.5 Å². The SMILES string of the molecule is CCc1c(O)c(OC(=O)O)c(F)c(CC)c1CC. The second-order valence-electron chi connectivity index (χ2n) is 3.86. The van der Waals surface area contributed by atoms with Crippen LogP contribution < -0.4 is 4.74 Å². The molecular formula is C13H17FO4. The van der Waals surface area contributed by atoms with Gasteiger partial charge in [0.15, 0.2) is 11.6 Å². The Bertz CT molecular complexity index is 438. The molecule has 1 aromatic rings. The summed E-state index contributed by atoms with van der Waals surface area (Å²) in [6, 6.07) is 0. The Morgan fingerprint density at radius 1 is 1.11 bits per heavy atom. The quantitative estimate of drug-likeness (QED) is 0.641. The molecule has 0 amide bonds. The molecule has 18 heavy (non-hydrogen) atoms. The second-order valence-corrected chi connectivity index (χ2v) is 3.86. The molecule has 4 nitrogen and oxygen atoms in total. The van der Waals surface area contributed by atoms with Crippen molar-refractivity contribution in [3.8, 4) is 11.5 Å². The van der Waals surface area contributed by atoms with Crippen LogP contribution in [-0.2, 0) is 19.3 Å². The van der Waals surface area contributed by atoms with E-state index in [1.54, 1.807) is 6.92 Å². The molecule has 0 aliphatic rings. The number of aromatic hydroxyl groups is 1. The van der Waals surface area contributed by atoms with Crippen LogP contribution in [0.15, 0.2) is 0 Å². The fourth-order valence-corrected chi connectivity index (χ4v) is 2.19. The van der Waals surface area contributed by atoms with Crippen LogP contribution in [0, 0.1) is 5.82 Å². The summed E-state index contributed by atoms with van der Waals surface area (Å²) in [5, 5.41) is 18.5. The van der Waals surface area contributed by atoms with Crippen molar-refractivity contribution in [1.82, 2.24) is 0 Å². The standard InChI is InChI=1S/C13H17FO4/c1-4-7-8(5-2)10(14)12(18-13(16)17)11(15)9(7)6-3/h15H,4-6H2,1-3H3,(H,16,17). The zero-order valence-corrected chi connectivity index (χ0v) is 10.7. The molecule has 5 heteroatoms. The summed E-state index contributed by atoms with van der Waals surface area (Å²) >= 11 is 0. The van der Waals surface area contributed by atoms with Gasteiger partial charge in [0.2, 0.25) is 5.75 Å². The maximum Gasteiger partial charge on any atom is 0.511 e. The van der Waals surface area contributed by atoms with Gasteiger partial charge in [-0.05, 0) is 30.4 Å². The number of carboxylic acid groups (broad SMARTS) is 1. The van der Waals surface area contributed by atoms with Gasteiger partial charge in [0, 0.05) is 5.56 Å². The van der Waals surface area contributed by atoms with Crippen molar-refractivity contribution >= 4 is 6.16 Å². The number of rotatable bonds is 4. The number of phenolic OH excluding ortho intramolecular Hbond substituents is 1. The van der Waals surface area contributed by atoms with Crippen molar-refractivity contribution in [1.29, 1.82) is 0 Å². The van der Waals surface area contributed by atoms with Gasteiger partial charge in [0.1, 0.15) is 0 Å². The molecule has 1 aromatic carbocycles. The molecule has 2 N–H and O–H groups in total. The predicted molar refractivity (Wildman–Crippen MR) is 64.9 cm³/mol. The first-order chi connectivity index (χ1) is 8.47. The molecular weight excluding hydrogens is 239 g/mol. The Morgan fingerprint density at radius 2 is 1.61 bits per heavy atom. The minimum Gasteiger partial charge on any atom is -0.504 e. The largest absolute Gasteiger partial charge is 0.511 e. The Hall–Kier alpha value is -1.78. The Labute approximate surface area is 105 Å². The fraction of sp³-hybridized carbons (Fsp3) is 0.462. The number of hydrogen-bond acceptors (Lipinski definition) is 3. The third-order valence-corrected chi connectivity index (χ3v) is 2.94. The molecule has 0 radical (unpaired) electrons. The lowest BCUT2D eigenvalue weighted by atomic mass is 9.93. The monoisotopic (exact) mass is 256 g/mol. The van der Waals surface area contributed by atoms with Crippen molar-refractivity contribution in [2.45, 2.75) is 40.0 Å². The molecule has 0 heterocycles. The van der Waals surface area contributed by atoms with Crippen LogP contribution >= 0.6 is 0 Å². The summed E-state index contributed by atoms with van der Waals surface area (Å²) < 4.78 is 18.5. The van der Waals surface area contributed by atoms with Gasteiger partial charge < -0.3 is 14.9 Å². The van der Waals surface area contributed by atoms with Gasteiger partial charge in [0.05, 0.1) is 0 Å². The van der Waals surface area contributed by atoms with Gasteiger partial charge in [-0.3, -0.25) is 0 Å². The molecule has 0 bridgehead atoms. The van der Waals surface area contributed by atoms with Crippen LogP contribution in [0.5, 0.6) is 11.5 Å². The summed E-state index contributed by atoms with van der Waals surface area (Å²) in [4.78, 5) is 10.5. The zero-order valence-electron chi connectivity index (χ0n) is 10.7. The maximum absolute atomic E-state index is 14.1. The molecule has 0 saturated carbocycles. The highest BCUT2D eigenvalue weighted by Crippen LogP contribution is 2.39. The lowest BCUT2D eigenvalue weighted by Crippen LogP contribution is -2.10. The number of carbonyl (C=O) groups is 1. The first kappa shape index (κ1) is 14.3. The van der Waals surface area contributed by atoms with Crippen LogP contribution in [0.25, 0.3) is 0 Å². The summed E-state index contributed by atoms with van der Waals surface area (Å²) in [6.45, 7) is 5.46. The van der Waals surface area contributed by atoms with E-state index in [1.807, 2.05) is 13.8 Å². The predicted octanol–water partition coefficient (Wildman–Crippen LogP) is 3.28. The first-order valence-corrected chi connectivity index (χ1v) is 5.93. The van der Waals surface area contributed by atoms with Crippen molar-refractivity contribution in [2.24, 2.45) is 0 Å². The normalized spacial score (nSPS) is 10.4. The van der Waals surface area contributed by atoms with Crippen LogP contribution in [0.1, 0.15) is 37.5 Å². The van der Waals surface area contributed by atoms with Crippen LogP contribution in [-0.4, -0.2) is 16.4 Å². The summed E-state index contributed by atoms with van der Waals surface area (Å²) in [5.41, 5.74) is 1.68. The van der Waals surface area contributed by atoms with E-state index in [0.717, 1.165) is 5.56 Å². The minimum atomic E-state index is -1.64. The third-order valence-electron chi connectivity index (χ3n) is 2.94. The number of benzene rings is 1. The van der Waals surface area contributed by atoms with Crippen molar-refractivity contribution < 1.29 is 24.1 Å². The van der Waals surface area contributed by atoms with Crippen molar-refractivity contribution in [3.05, 3.63) is 22.5 Å². The topological polar surface area (TPSA) is 66.8 Å². The second kappa shape index (κ2) is 5.71. The molecule has 0 fully saturated rings. The van der Waals surface area contributed by atoms with E-state index in [2.05, 4.69) is 4.74 Å². The third kappa shape index (κ3) is 2.39. The lowest BCUT2D eigenvalue weighted by molar-refractivity contribution is 0.140. The van der Waals surface area contributed by atoms with E-state index in [0.29, 0.717) is 30.4 Å². The Kier molecular flexibility index (Phi) is 4.53. The van der Waals surface area contributed by atoms with Crippen LogP contribution in [0.2, 0.25) is 0 Å². The van der Waals surface area contributed by atoms with Crippen molar-refractivity contribution in [2.75, 3.05) is 0 Å². The molecule has 1 rings (SSSR count). The highest BCUT2D eigenvalue weighted by atomic mass is 19.1. The molecule has 0 saturated heterocycles. The van der Waals surface area contributed by atoms with Gasteiger partial charge in [-0.15, -0.1) is 0 Å². The Balaban J connectivity index is 3.58.